The van der Waals surface area contributed by atoms with E-state index in [2.05, 4.69) is 4.72 Å². The number of rotatable bonds is 5. The van der Waals surface area contributed by atoms with E-state index in [4.69, 9.17) is 5.11 Å². The van der Waals surface area contributed by atoms with Gasteiger partial charge in [-0.3, -0.25) is 4.79 Å². The number of aliphatic carboxylic acids is 1. The van der Waals surface area contributed by atoms with Crippen LogP contribution in [0.5, 0.6) is 0 Å². The summed E-state index contributed by atoms with van der Waals surface area (Å²) in [6.07, 6.45) is -0.119. The number of hydrogen-bond donors (Lipinski definition) is 2. The number of hydrogen-bond acceptors (Lipinski definition) is 3. The average Bonchev–Trinajstić information content (AvgIpc) is 2.26. The first-order valence-electron chi connectivity index (χ1n) is 6.79. The molecule has 1 fully saturated rings. The third-order valence-electron chi connectivity index (χ3n) is 3.54. The van der Waals surface area contributed by atoms with Crippen molar-refractivity contribution in [1.82, 2.24) is 4.72 Å². The zero-order valence-corrected chi connectivity index (χ0v) is 12.9. The molecular weight excluding hydrogens is 288 g/mol. The highest BCUT2D eigenvalue weighted by Crippen LogP contribution is 2.38. The van der Waals surface area contributed by atoms with Crippen molar-refractivity contribution < 1.29 is 23.2 Å². The second kappa shape index (κ2) is 6.58. The molecule has 4 nitrogen and oxygen atoms in total. The molecule has 118 valence electrons. The Bertz CT molecular complexity index is 337. The topological polar surface area (TPSA) is 72.4 Å². The number of carbonyl (C=O) groups is 1. The summed E-state index contributed by atoms with van der Waals surface area (Å²) in [6, 6.07) is -0.524. The molecule has 0 radical (unpaired) electrons. The summed E-state index contributed by atoms with van der Waals surface area (Å²) < 4.78 is 40.7. The standard InChI is InChI=1S/C13H23F2NO3S/c1-12(2,3)20(19)16-10(8-11(17)18)9-4-6-13(14,15)7-5-9/h9-10,16H,4-8H2,1-3H3,(H,17,18)/t10-,20?/m1/s1. The molecular formula is C13H23F2NO3S. The van der Waals surface area contributed by atoms with Crippen LogP contribution in [-0.2, 0) is 16.2 Å². The van der Waals surface area contributed by atoms with Gasteiger partial charge in [-0.1, -0.05) is 0 Å². The summed E-state index contributed by atoms with van der Waals surface area (Å²) in [7, 11) is 0. The molecule has 0 aromatic heterocycles. The van der Waals surface area contributed by atoms with Crippen molar-refractivity contribution in [3.63, 3.8) is 0 Å². The van der Waals surface area contributed by atoms with Gasteiger partial charge in [-0.05, 0) is 39.5 Å². The fourth-order valence-electron chi connectivity index (χ4n) is 2.27. The van der Waals surface area contributed by atoms with E-state index in [0.29, 0.717) is 0 Å². The number of nitrogens with one attached hydrogen (secondary N) is 1. The van der Waals surface area contributed by atoms with Crippen molar-refractivity contribution in [3.05, 3.63) is 0 Å². The quantitative estimate of drug-likeness (QED) is 0.766. The minimum atomic E-state index is -2.65. The van der Waals surface area contributed by atoms with Gasteiger partial charge in [0.1, 0.15) is 4.75 Å². The Balaban J connectivity index is 2.68. The largest absolute Gasteiger partial charge is 0.598 e. The molecule has 0 bridgehead atoms. The first kappa shape index (κ1) is 17.7. The molecule has 1 aliphatic carbocycles. The van der Waals surface area contributed by atoms with Crippen LogP contribution in [0.4, 0.5) is 8.78 Å². The summed E-state index contributed by atoms with van der Waals surface area (Å²) in [5.74, 6) is -3.82. The fourth-order valence-corrected chi connectivity index (χ4v) is 3.18. The Morgan fingerprint density at radius 3 is 2.35 bits per heavy atom. The molecule has 7 heteroatoms. The zero-order valence-electron chi connectivity index (χ0n) is 12.1. The maximum atomic E-state index is 13.2. The monoisotopic (exact) mass is 311 g/mol. The Labute approximate surface area is 121 Å². The van der Waals surface area contributed by atoms with E-state index in [1.807, 2.05) is 0 Å². The van der Waals surface area contributed by atoms with Crippen molar-refractivity contribution in [2.75, 3.05) is 0 Å². The Morgan fingerprint density at radius 2 is 1.95 bits per heavy atom. The molecule has 1 rings (SSSR count). The first-order chi connectivity index (χ1) is 9.01. The fraction of sp³-hybridized carbons (Fsp3) is 0.923. The third-order valence-corrected chi connectivity index (χ3v) is 5.17. The summed E-state index contributed by atoms with van der Waals surface area (Å²) in [5, 5.41) is 8.95. The van der Waals surface area contributed by atoms with Gasteiger partial charge >= 0.3 is 5.97 Å². The van der Waals surface area contributed by atoms with Crippen LogP contribution < -0.4 is 4.72 Å². The average molecular weight is 311 g/mol. The van der Waals surface area contributed by atoms with E-state index in [9.17, 15) is 18.1 Å². The Hall–Kier alpha value is -0.400. The van der Waals surface area contributed by atoms with Crippen molar-refractivity contribution in [1.29, 1.82) is 0 Å². The minimum absolute atomic E-state index is 0.169. The lowest BCUT2D eigenvalue weighted by molar-refractivity contribution is -0.138. The molecule has 0 saturated heterocycles. The van der Waals surface area contributed by atoms with Crippen LogP contribution in [0.15, 0.2) is 0 Å². The lowest BCUT2D eigenvalue weighted by atomic mass is 9.81. The van der Waals surface area contributed by atoms with Crippen molar-refractivity contribution >= 4 is 17.3 Å². The molecule has 0 aromatic carbocycles. The van der Waals surface area contributed by atoms with Crippen molar-refractivity contribution in [2.24, 2.45) is 5.92 Å². The van der Waals surface area contributed by atoms with Gasteiger partial charge in [-0.2, -0.15) is 0 Å². The molecule has 1 aliphatic rings. The second-order valence-electron chi connectivity index (χ2n) is 6.40. The summed E-state index contributed by atoms with van der Waals surface area (Å²) in [4.78, 5) is 10.9. The highest BCUT2D eigenvalue weighted by molar-refractivity contribution is 7.90. The molecule has 0 aromatic rings. The lowest BCUT2D eigenvalue weighted by Crippen LogP contribution is -2.49. The van der Waals surface area contributed by atoms with Gasteiger partial charge < -0.3 is 9.66 Å². The van der Waals surface area contributed by atoms with Gasteiger partial charge in [0, 0.05) is 24.2 Å². The highest BCUT2D eigenvalue weighted by atomic mass is 32.2. The molecule has 1 saturated carbocycles. The normalized spacial score (nSPS) is 23.3. The van der Waals surface area contributed by atoms with Gasteiger partial charge in [0.2, 0.25) is 5.92 Å². The molecule has 0 amide bonds. The first-order valence-corrected chi connectivity index (χ1v) is 7.94. The maximum absolute atomic E-state index is 13.2. The molecule has 0 aliphatic heterocycles. The minimum Gasteiger partial charge on any atom is -0.598 e. The van der Waals surface area contributed by atoms with Crippen LogP contribution in [0.25, 0.3) is 0 Å². The summed E-state index contributed by atoms with van der Waals surface area (Å²) >= 11 is -1.41. The van der Waals surface area contributed by atoms with Gasteiger partial charge in [0.25, 0.3) is 0 Å². The van der Waals surface area contributed by atoms with Crippen LogP contribution in [0.2, 0.25) is 0 Å². The van der Waals surface area contributed by atoms with Gasteiger partial charge in [0.15, 0.2) is 0 Å². The predicted molar refractivity (Wildman–Crippen MR) is 74.0 cm³/mol. The Morgan fingerprint density at radius 1 is 1.45 bits per heavy atom. The van der Waals surface area contributed by atoms with Crippen LogP contribution in [-0.4, -0.2) is 32.3 Å². The van der Waals surface area contributed by atoms with Crippen LogP contribution >= 0.6 is 0 Å². The summed E-state index contributed by atoms with van der Waals surface area (Å²) in [5.41, 5.74) is 0. The third kappa shape index (κ3) is 5.54. The SMILES string of the molecule is CC(C)(C)[S+]([O-])N[C@H](CC(=O)O)C1CCC(F)(F)CC1. The van der Waals surface area contributed by atoms with Crippen LogP contribution in [0.1, 0.15) is 52.9 Å². The van der Waals surface area contributed by atoms with E-state index in [0.717, 1.165) is 0 Å². The van der Waals surface area contributed by atoms with E-state index < -0.39 is 34.0 Å². The van der Waals surface area contributed by atoms with Gasteiger partial charge in [0.05, 0.1) is 12.5 Å². The number of carboxylic acids is 1. The van der Waals surface area contributed by atoms with E-state index in [-0.39, 0.29) is 38.0 Å². The van der Waals surface area contributed by atoms with Crippen LogP contribution in [0, 0.1) is 5.92 Å². The predicted octanol–water partition coefficient (Wildman–Crippen LogP) is 2.71. The number of halogens is 2. The lowest BCUT2D eigenvalue weighted by Gasteiger charge is -2.35. The maximum Gasteiger partial charge on any atom is 0.305 e. The Kier molecular flexibility index (Phi) is 5.80. The molecule has 0 heterocycles. The van der Waals surface area contributed by atoms with E-state index in [1.165, 1.54) is 0 Å². The van der Waals surface area contributed by atoms with Gasteiger partial charge in [-0.15, -0.1) is 4.72 Å². The van der Waals surface area contributed by atoms with E-state index >= 15 is 0 Å². The molecule has 2 N–H and O–H groups in total. The molecule has 1 unspecified atom stereocenters. The molecule has 0 spiro atoms. The van der Waals surface area contributed by atoms with Crippen molar-refractivity contribution in [3.8, 4) is 0 Å². The second-order valence-corrected chi connectivity index (χ2v) is 8.39. The number of alkyl halides is 2. The summed E-state index contributed by atoms with van der Waals surface area (Å²) in [6.45, 7) is 5.34. The van der Waals surface area contributed by atoms with Crippen molar-refractivity contribution in [2.45, 2.75) is 69.6 Å². The van der Waals surface area contributed by atoms with Crippen LogP contribution in [0.3, 0.4) is 0 Å². The molecule has 2 atom stereocenters. The molecule has 20 heavy (non-hydrogen) atoms. The smallest absolute Gasteiger partial charge is 0.305 e. The number of carboxylic acid groups (broad SMARTS) is 1. The van der Waals surface area contributed by atoms with E-state index in [1.54, 1.807) is 20.8 Å². The van der Waals surface area contributed by atoms with Gasteiger partial charge in [-0.25, -0.2) is 8.78 Å². The highest BCUT2D eigenvalue weighted by Gasteiger charge is 2.40. The zero-order chi connectivity index (χ0) is 15.6.